The van der Waals surface area contributed by atoms with Gasteiger partial charge in [0.15, 0.2) is 11.5 Å². The minimum absolute atomic E-state index is 0.121. The van der Waals surface area contributed by atoms with E-state index >= 15 is 0 Å². The lowest BCUT2D eigenvalue weighted by molar-refractivity contribution is -0.162. The molecule has 0 unspecified atom stereocenters. The third kappa shape index (κ3) is 7.27. The normalized spacial score (nSPS) is 11.9. The van der Waals surface area contributed by atoms with Gasteiger partial charge in [-0.3, -0.25) is 20.4 Å². The topological polar surface area (TPSA) is 186 Å². The van der Waals surface area contributed by atoms with Crippen molar-refractivity contribution in [3.05, 3.63) is 119 Å². The molecule has 0 aliphatic heterocycles. The van der Waals surface area contributed by atoms with Gasteiger partial charge < -0.3 is 36.3 Å². The lowest BCUT2D eigenvalue weighted by Gasteiger charge is -2.34. The highest BCUT2D eigenvalue weighted by molar-refractivity contribution is 6.02. The third-order valence-electron chi connectivity index (χ3n) is 6.39. The molecular weight excluding hydrogens is 548 g/mol. The molecule has 1 atom stereocenters. The number of amidine groups is 2. The van der Waals surface area contributed by atoms with Gasteiger partial charge in [0.25, 0.3) is 11.6 Å². The lowest BCUT2D eigenvalue weighted by atomic mass is 9.99. The van der Waals surface area contributed by atoms with Crippen LogP contribution in [0, 0.1) is 10.8 Å². The van der Waals surface area contributed by atoms with E-state index in [1.807, 2.05) is 30.3 Å². The van der Waals surface area contributed by atoms with Crippen molar-refractivity contribution in [2.75, 3.05) is 17.7 Å². The van der Waals surface area contributed by atoms with E-state index in [-0.39, 0.29) is 23.8 Å². The second-order valence-electron chi connectivity index (χ2n) is 9.48. The number of anilines is 2. The Hall–Kier alpha value is -5.84. The lowest BCUT2D eigenvalue weighted by Crippen LogP contribution is -2.50. The molecule has 0 saturated carbocycles. The van der Waals surface area contributed by atoms with Gasteiger partial charge in [0.1, 0.15) is 18.3 Å². The van der Waals surface area contributed by atoms with Gasteiger partial charge in [-0.25, -0.2) is 0 Å². The van der Waals surface area contributed by atoms with E-state index in [0.717, 1.165) is 5.56 Å². The Morgan fingerprint density at radius 2 is 1.37 bits per heavy atom. The number of ether oxygens (including phenoxy) is 3. The number of carbonyl (C=O) groups excluding carboxylic acids is 2. The predicted octanol–water partition coefficient (Wildman–Crippen LogP) is 4.31. The van der Waals surface area contributed by atoms with Crippen LogP contribution in [0.15, 0.2) is 97.1 Å². The number of nitrogens with one attached hydrogen (secondary N) is 4. The Kier molecular flexibility index (Phi) is 9.26. The first kappa shape index (κ1) is 30.1. The number of hydrogen-bond donors (Lipinski definition) is 6. The van der Waals surface area contributed by atoms with Gasteiger partial charge >= 0.3 is 5.97 Å². The number of methoxy groups -OCH3 is 1. The van der Waals surface area contributed by atoms with Gasteiger partial charge in [0, 0.05) is 35.0 Å². The zero-order valence-electron chi connectivity index (χ0n) is 23.6. The summed E-state index contributed by atoms with van der Waals surface area (Å²) in [5, 5.41) is 21.1. The predicted molar refractivity (Wildman–Crippen MR) is 164 cm³/mol. The molecule has 0 saturated heterocycles. The van der Waals surface area contributed by atoms with Gasteiger partial charge in [-0.2, -0.15) is 0 Å². The van der Waals surface area contributed by atoms with E-state index in [4.69, 9.17) is 36.5 Å². The largest absolute Gasteiger partial charge is 0.493 e. The van der Waals surface area contributed by atoms with Crippen molar-refractivity contribution in [2.45, 2.75) is 19.3 Å². The van der Waals surface area contributed by atoms with Crippen LogP contribution in [-0.4, -0.2) is 30.7 Å². The summed E-state index contributed by atoms with van der Waals surface area (Å²) >= 11 is 0. The molecule has 1 amide bonds. The van der Waals surface area contributed by atoms with Crippen molar-refractivity contribution in [3.63, 3.8) is 0 Å². The van der Waals surface area contributed by atoms with Crippen LogP contribution >= 0.6 is 0 Å². The Balaban J connectivity index is 1.77. The molecule has 11 nitrogen and oxygen atoms in total. The van der Waals surface area contributed by atoms with Gasteiger partial charge in [0.2, 0.25) is 0 Å². The summed E-state index contributed by atoms with van der Waals surface area (Å²) in [7, 11) is 1.46. The maximum atomic E-state index is 14.1. The first-order valence-corrected chi connectivity index (χ1v) is 13.1. The molecule has 0 aromatic heterocycles. The molecule has 0 heterocycles. The molecule has 0 spiro atoms. The highest BCUT2D eigenvalue weighted by atomic mass is 16.6. The van der Waals surface area contributed by atoms with Crippen molar-refractivity contribution in [2.24, 2.45) is 11.5 Å². The Labute approximate surface area is 248 Å². The van der Waals surface area contributed by atoms with Crippen molar-refractivity contribution in [3.8, 4) is 11.5 Å². The zero-order chi connectivity index (χ0) is 31.0. The number of hydrogen-bond acceptors (Lipinski definition) is 8. The Morgan fingerprint density at radius 3 is 1.91 bits per heavy atom. The number of carbonyl (C=O) groups is 2. The van der Waals surface area contributed by atoms with E-state index in [1.165, 1.54) is 14.0 Å². The van der Waals surface area contributed by atoms with Crippen LogP contribution in [0.2, 0.25) is 0 Å². The van der Waals surface area contributed by atoms with Crippen LogP contribution in [0.1, 0.15) is 29.2 Å². The van der Waals surface area contributed by atoms with Crippen molar-refractivity contribution in [1.29, 1.82) is 10.8 Å². The molecule has 0 bridgehead atoms. The number of rotatable bonds is 12. The molecule has 8 N–H and O–H groups in total. The van der Waals surface area contributed by atoms with Crippen LogP contribution in [0.25, 0.3) is 0 Å². The molecule has 0 radical (unpaired) electrons. The van der Waals surface area contributed by atoms with Crippen LogP contribution in [-0.2, 0) is 26.7 Å². The van der Waals surface area contributed by atoms with E-state index in [9.17, 15) is 9.59 Å². The zero-order valence-corrected chi connectivity index (χ0v) is 23.6. The van der Waals surface area contributed by atoms with E-state index in [2.05, 4.69) is 10.6 Å². The van der Waals surface area contributed by atoms with Crippen LogP contribution in [0.5, 0.6) is 11.5 Å². The summed E-state index contributed by atoms with van der Waals surface area (Å²) in [6, 6.07) is 27.1. The number of nitrogen functional groups attached to an aromatic ring is 2. The van der Waals surface area contributed by atoms with Crippen LogP contribution in [0.3, 0.4) is 0 Å². The second kappa shape index (κ2) is 13.2. The molecule has 0 aliphatic carbocycles. The van der Waals surface area contributed by atoms with E-state index in [1.54, 1.807) is 66.7 Å². The SMILES string of the molecule is COc1cc([C@](Nc2ccc(C(=N)N)cc2)(OC(C)=O)C(=O)Nc2ccc(C(=N)N)cc2)ccc1OCc1ccccc1. The van der Waals surface area contributed by atoms with Gasteiger partial charge in [0.05, 0.1) is 7.11 Å². The third-order valence-corrected chi connectivity index (χ3v) is 6.39. The first-order chi connectivity index (χ1) is 20.6. The molecule has 0 aliphatic rings. The minimum atomic E-state index is -2.09. The van der Waals surface area contributed by atoms with Gasteiger partial charge in [-0.1, -0.05) is 30.3 Å². The van der Waals surface area contributed by atoms with E-state index < -0.39 is 17.6 Å². The molecule has 4 aromatic carbocycles. The fourth-order valence-corrected chi connectivity index (χ4v) is 4.24. The van der Waals surface area contributed by atoms with Gasteiger partial charge in [-0.15, -0.1) is 0 Å². The highest BCUT2D eigenvalue weighted by Gasteiger charge is 2.45. The highest BCUT2D eigenvalue weighted by Crippen LogP contribution is 2.37. The summed E-state index contributed by atoms with van der Waals surface area (Å²) in [5.74, 6) is -0.993. The summed E-state index contributed by atoms with van der Waals surface area (Å²) in [4.78, 5) is 26.7. The number of amides is 1. The average molecular weight is 581 g/mol. The first-order valence-electron chi connectivity index (χ1n) is 13.1. The monoisotopic (exact) mass is 580 g/mol. The van der Waals surface area contributed by atoms with Crippen molar-refractivity contribution < 1.29 is 23.8 Å². The molecule has 220 valence electrons. The second-order valence-corrected chi connectivity index (χ2v) is 9.48. The Morgan fingerprint density at radius 1 is 0.791 bits per heavy atom. The summed E-state index contributed by atoms with van der Waals surface area (Å²) in [6.07, 6.45) is 0. The van der Waals surface area contributed by atoms with Gasteiger partial charge in [-0.05, 0) is 72.3 Å². The maximum absolute atomic E-state index is 14.1. The summed E-state index contributed by atoms with van der Waals surface area (Å²) in [5.41, 5.74) is 12.0. The van der Waals surface area contributed by atoms with Crippen LogP contribution < -0.4 is 31.6 Å². The molecular formula is C32H32N6O5. The molecule has 11 heteroatoms. The minimum Gasteiger partial charge on any atom is -0.493 e. The molecule has 43 heavy (non-hydrogen) atoms. The fourth-order valence-electron chi connectivity index (χ4n) is 4.24. The number of nitrogens with two attached hydrogens (primary N) is 2. The molecule has 4 aromatic rings. The fraction of sp³-hybridized carbons (Fsp3) is 0.125. The Bertz CT molecular complexity index is 1620. The molecule has 0 fully saturated rings. The maximum Gasteiger partial charge on any atom is 0.305 e. The number of esters is 1. The van der Waals surface area contributed by atoms with Crippen molar-refractivity contribution in [1.82, 2.24) is 0 Å². The quantitative estimate of drug-likeness (QED) is 0.0619. The average Bonchev–Trinajstić information content (AvgIpc) is 3.00. The summed E-state index contributed by atoms with van der Waals surface area (Å²) in [6.45, 7) is 1.47. The molecule has 4 rings (SSSR count). The number of benzene rings is 4. The van der Waals surface area contributed by atoms with Crippen molar-refractivity contribution >= 4 is 34.9 Å². The summed E-state index contributed by atoms with van der Waals surface area (Å²) < 4.78 is 17.4. The van der Waals surface area contributed by atoms with Crippen LogP contribution in [0.4, 0.5) is 11.4 Å². The van der Waals surface area contributed by atoms with E-state index in [0.29, 0.717) is 34.0 Å². The standard InChI is InChI=1S/C32H32N6O5/c1-20(39)43-32(38-26-15-10-23(11-16-26)30(35)36,31(40)37-25-13-8-22(9-14-25)29(33)34)24-12-17-27(28(18-24)41-2)42-19-21-6-4-3-5-7-21/h3-18,38H,19H2,1-2H3,(H3,33,34)(H3,35,36)(H,37,40)/t32-/m0/s1. The smallest absolute Gasteiger partial charge is 0.305 e.